The van der Waals surface area contributed by atoms with Crippen LogP contribution in [0.5, 0.6) is 5.75 Å². The molecule has 1 aliphatic rings. The summed E-state index contributed by atoms with van der Waals surface area (Å²) in [5.41, 5.74) is 0.370. The van der Waals surface area contributed by atoms with Crippen LogP contribution in [-0.2, 0) is 0 Å². The lowest BCUT2D eigenvalue weighted by molar-refractivity contribution is 0.0926. The molecule has 0 saturated heterocycles. The van der Waals surface area contributed by atoms with Crippen LogP contribution < -0.4 is 4.74 Å². The van der Waals surface area contributed by atoms with Gasteiger partial charge in [-0.05, 0) is 24.6 Å². The average molecular weight is 194 g/mol. The Hall–Kier alpha value is -1.38. The maximum atomic E-state index is 12.9. The Bertz CT molecular complexity index is 374. The molecule has 0 saturated carbocycles. The molecule has 1 heterocycles. The third-order valence-corrected chi connectivity index (χ3v) is 2.46. The van der Waals surface area contributed by atoms with Crippen molar-refractivity contribution in [1.29, 1.82) is 0 Å². The molecule has 0 radical (unpaired) electrons. The van der Waals surface area contributed by atoms with Gasteiger partial charge in [0.25, 0.3) is 0 Å². The van der Waals surface area contributed by atoms with Gasteiger partial charge in [0, 0.05) is 5.92 Å². The molecule has 0 aliphatic carbocycles. The van der Waals surface area contributed by atoms with Crippen molar-refractivity contribution in [1.82, 2.24) is 0 Å². The van der Waals surface area contributed by atoms with Gasteiger partial charge in [0.2, 0.25) is 0 Å². The summed E-state index contributed by atoms with van der Waals surface area (Å²) in [6.07, 6.45) is 0.690. The van der Waals surface area contributed by atoms with Crippen LogP contribution in [0.25, 0.3) is 0 Å². The molecule has 14 heavy (non-hydrogen) atoms. The summed E-state index contributed by atoms with van der Waals surface area (Å²) in [6.45, 7) is 2.36. The standard InChI is InChI=1S/C11H11FO2/c1-7-4-5-14-10-3-2-8(12)6-9(10)11(7)13/h2-3,6-7H,4-5H2,1H3. The van der Waals surface area contributed by atoms with Crippen molar-refractivity contribution >= 4 is 5.78 Å². The highest BCUT2D eigenvalue weighted by molar-refractivity contribution is 6.00. The number of halogens is 1. The van der Waals surface area contributed by atoms with Crippen molar-refractivity contribution in [2.75, 3.05) is 6.61 Å². The fourth-order valence-corrected chi connectivity index (χ4v) is 1.56. The fourth-order valence-electron chi connectivity index (χ4n) is 1.56. The van der Waals surface area contributed by atoms with Crippen LogP contribution in [0.4, 0.5) is 4.39 Å². The van der Waals surface area contributed by atoms with Crippen molar-refractivity contribution in [2.45, 2.75) is 13.3 Å². The third kappa shape index (κ3) is 1.50. The van der Waals surface area contributed by atoms with E-state index in [1.54, 1.807) is 0 Å². The van der Waals surface area contributed by atoms with Crippen LogP contribution in [0.1, 0.15) is 23.7 Å². The van der Waals surface area contributed by atoms with Gasteiger partial charge in [-0.15, -0.1) is 0 Å². The Kier molecular flexibility index (Phi) is 2.23. The minimum Gasteiger partial charge on any atom is -0.493 e. The molecule has 0 aromatic heterocycles. The summed E-state index contributed by atoms with van der Waals surface area (Å²) >= 11 is 0. The Morgan fingerprint density at radius 2 is 2.29 bits per heavy atom. The first kappa shape index (κ1) is 9.19. The summed E-state index contributed by atoms with van der Waals surface area (Å²) in [7, 11) is 0. The molecule has 1 atom stereocenters. The van der Waals surface area contributed by atoms with Crippen molar-refractivity contribution in [2.24, 2.45) is 5.92 Å². The van der Waals surface area contributed by atoms with E-state index in [0.717, 1.165) is 0 Å². The molecule has 1 aliphatic heterocycles. The van der Waals surface area contributed by atoms with E-state index < -0.39 is 5.82 Å². The first-order valence-corrected chi connectivity index (χ1v) is 4.65. The predicted octanol–water partition coefficient (Wildman–Crippen LogP) is 2.43. The molecular weight excluding hydrogens is 183 g/mol. The molecule has 0 amide bonds. The third-order valence-electron chi connectivity index (χ3n) is 2.46. The lowest BCUT2D eigenvalue weighted by atomic mass is 9.97. The van der Waals surface area contributed by atoms with Gasteiger partial charge in [-0.2, -0.15) is 0 Å². The van der Waals surface area contributed by atoms with E-state index in [4.69, 9.17) is 4.74 Å². The number of benzene rings is 1. The van der Waals surface area contributed by atoms with E-state index in [0.29, 0.717) is 24.3 Å². The number of fused-ring (bicyclic) bond motifs is 1. The zero-order chi connectivity index (χ0) is 10.1. The van der Waals surface area contributed by atoms with Gasteiger partial charge in [0.1, 0.15) is 11.6 Å². The summed E-state index contributed by atoms with van der Waals surface area (Å²) < 4.78 is 18.3. The number of carbonyl (C=O) groups excluding carboxylic acids is 1. The predicted molar refractivity (Wildman–Crippen MR) is 50.0 cm³/mol. The van der Waals surface area contributed by atoms with Gasteiger partial charge in [0.15, 0.2) is 5.78 Å². The molecule has 0 N–H and O–H groups in total. The van der Waals surface area contributed by atoms with E-state index in [9.17, 15) is 9.18 Å². The highest BCUT2D eigenvalue weighted by Crippen LogP contribution is 2.27. The Morgan fingerprint density at radius 1 is 1.50 bits per heavy atom. The molecule has 2 rings (SSSR count). The van der Waals surface area contributed by atoms with E-state index in [2.05, 4.69) is 0 Å². The van der Waals surface area contributed by atoms with Crippen molar-refractivity contribution < 1.29 is 13.9 Å². The maximum absolute atomic E-state index is 12.9. The van der Waals surface area contributed by atoms with Gasteiger partial charge < -0.3 is 4.74 Å². The van der Waals surface area contributed by atoms with Crippen LogP contribution in [0.3, 0.4) is 0 Å². The van der Waals surface area contributed by atoms with E-state index in [1.165, 1.54) is 18.2 Å². The van der Waals surface area contributed by atoms with Gasteiger partial charge in [-0.25, -0.2) is 4.39 Å². The van der Waals surface area contributed by atoms with Gasteiger partial charge in [0.05, 0.1) is 12.2 Å². The van der Waals surface area contributed by atoms with Crippen LogP contribution in [-0.4, -0.2) is 12.4 Å². The maximum Gasteiger partial charge on any atom is 0.169 e. The van der Waals surface area contributed by atoms with Crippen molar-refractivity contribution in [3.05, 3.63) is 29.6 Å². The summed E-state index contributed by atoms with van der Waals surface area (Å²) in [4.78, 5) is 11.7. The highest BCUT2D eigenvalue weighted by atomic mass is 19.1. The zero-order valence-corrected chi connectivity index (χ0v) is 7.92. The lowest BCUT2D eigenvalue weighted by Gasteiger charge is -2.05. The molecule has 0 fully saturated rings. The molecule has 0 spiro atoms. The number of hydrogen-bond donors (Lipinski definition) is 0. The second-order valence-corrected chi connectivity index (χ2v) is 3.54. The minimum atomic E-state index is -0.394. The number of hydrogen-bond acceptors (Lipinski definition) is 2. The molecule has 1 unspecified atom stereocenters. The molecule has 0 bridgehead atoms. The number of ketones is 1. The second-order valence-electron chi connectivity index (χ2n) is 3.54. The molecule has 3 heteroatoms. The molecule has 1 aromatic carbocycles. The second kappa shape index (κ2) is 3.40. The smallest absolute Gasteiger partial charge is 0.169 e. The van der Waals surface area contributed by atoms with Crippen LogP contribution >= 0.6 is 0 Å². The van der Waals surface area contributed by atoms with Crippen LogP contribution in [0, 0.1) is 11.7 Å². The summed E-state index contributed by atoms with van der Waals surface area (Å²) in [6, 6.07) is 4.07. The first-order valence-electron chi connectivity index (χ1n) is 4.65. The van der Waals surface area contributed by atoms with E-state index in [1.807, 2.05) is 6.92 Å². The topological polar surface area (TPSA) is 26.3 Å². The summed E-state index contributed by atoms with van der Waals surface area (Å²) in [5.74, 6) is -0.00870. The quantitative estimate of drug-likeness (QED) is 0.634. The first-order chi connectivity index (χ1) is 6.68. The number of ether oxygens (including phenoxy) is 1. The fraction of sp³-hybridized carbons (Fsp3) is 0.364. The molecule has 2 nitrogen and oxygen atoms in total. The lowest BCUT2D eigenvalue weighted by Crippen LogP contribution is -2.10. The van der Waals surface area contributed by atoms with Gasteiger partial charge in [-0.3, -0.25) is 4.79 Å². The minimum absolute atomic E-state index is 0.0306. The van der Waals surface area contributed by atoms with Gasteiger partial charge >= 0.3 is 0 Å². The van der Waals surface area contributed by atoms with Crippen molar-refractivity contribution in [3.8, 4) is 5.75 Å². The summed E-state index contributed by atoms with van der Waals surface area (Å²) in [5, 5.41) is 0. The number of rotatable bonds is 0. The number of carbonyl (C=O) groups is 1. The van der Waals surface area contributed by atoms with E-state index in [-0.39, 0.29) is 11.7 Å². The van der Waals surface area contributed by atoms with Crippen LogP contribution in [0.15, 0.2) is 18.2 Å². The van der Waals surface area contributed by atoms with Crippen LogP contribution in [0.2, 0.25) is 0 Å². The number of Topliss-reactive ketones (excluding diaryl/α,β-unsaturated/α-hetero) is 1. The average Bonchev–Trinajstić information content (AvgIpc) is 2.30. The Labute approximate surface area is 81.7 Å². The normalized spacial score (nSPS) is 21.0. The molecular formula is C11H11FO2. The monoisotopic (exact) mass is 194 g/mol. The molecule has 1 aromatic rings. The SMILES string of the molecule is CC1CCOc2ccc(F)cc2C1=O. The van der Waals surface area contributed by atoms with E-state index >= 15 is 0 Å². The highest BCUT2D eigenvalue weighted by Gasteiger charge is 2.23. The van der Waals surface area contributed by atoms with Gasteiger partial charge in [-0.1, -0.05) is 6.92 Å². The van der Waals surface area contributed by atoms with Crippen molar-refractivity contribution in [3.63, 3.8) is 0 Å². The Balaban J connectivity index is 2.50. The largest absolute Gasteiger partial charge is 0.493 e. The zero-order valence-electron chi connectivity index (χ0n) is 7.92. The Morgan fingerprint density at radius 3 is 3.07 bits per heavy atom. The molecule has 74 valence electrons.